The summed E-state index contributed by atoms with van der Waals surface area (Å²) in [7, 11) is 0. The van der Waals surface area contributed by atoms with Gasteiger partial charge in [0.1, 0.15) is 4.99 Å². The Morgan fingerprint density at radius 3 is 3.00 bits per heavy atom. The molecule has 0 atom stereocenters. The minimum Gasteiger partial charge on any atom is -0.389 e. The Bertz CT molecular complexity index is 544. The van der Waals surface area contributed by atoms with E-state index >= 15 is 0 Å². The summed E-state index contributed by atoms with van der Waals surface area (Å²) in [5, 5.41) is 6.99. The average Bonchev–Trinajstić information content (AvgIpc) is 2.82. The molecule has 5 nitrogen and oxygen atoms in total. The number of benzene rings is 1. The van der Waals surface area contributed by atoms with Gasteiger partial charge in [0.05, 0.1) is 0 Å². The van der Waals surface area contributed by atoms with Gasteiger partial charge < -0.3 is 15.6 Å². The first-order valence-electron chi connectivity index (χ1n) is 5.25. The number of nitrogens with two attached hydrogens (primary N) is 1. The fourth-order valence-corrected chi connectivity index (χ4v) is 2.03. The summed E-state index contributed by atoms with van der Waals surface area (Å²) in [5.74, 6) is 0.661. The molecule has 2 aromatic rings. The summed E-state index contributed by atoms with van der Waals surface area (Å²) in [6.45, 7) is 0.672. The van der Waals surface area contributed by atoms with E-state index in [0.717, 1.165) is 15.7 Å². The van der Waals surface area contributed by atoms with Crippen LogP contribution in [-0.2, 0) is 6.42 Å². The third-order valence-electron chi connectivity index (χ3n) is 2.32. The smallest absolute Gasteiger partial charge is 0.213 e. The van der Waals surface area contributed by atoms with Crippen LogP contribution in [0.1, 0.15) is 11.4 Å². The Kier molecular flexibility index (Phi) is 4.27. The highest BCUT2D eigenvalue weighted by atomic mass is 79.9. The van der Waals surface area contributed by atoms with E-state index in [1.807, 2.05) is 18.2 Å². The summed E-state index contributed by atoms with van der Waals surface area (Å²) in [6, 6.07) is 5.71. The van der Waals surface area contributed by atoms with Gasteiger partial charge in [0.2, 0.25) is 6.39 Å². The van der Waals surface area contributed by atoms with Gasteiger partial charge in [-0.15, -0.1) is 0 Å². The molecule has 0 spiro atoms. The molecule has 0 radical (unpaired) electrons. The molecule has 18 heavy (non-hydrogen) atoms. The highest BCUT2D eigenvalue weighted by Crippen LogP contribution is 2.21. The number of nitrogens with one attached hydrogen (secondary N) is 1. The van der Waals surface area contributed by atoms with E-state index < -0.39 is 0 Å². The molecule has 7 heteroatoms. The summed E-state index contributed by atoms with van der Waals surface area (Å²) >= 11 is 8.42. The van der Waals surface area contributed by atoms with Crippen LogP contribution in [0.2, 0.25) is 0 Å². The molecule has 0 bridgehead atoms. The van der Waals surface area contributed by atoms with Crippen molar-refractivity contribution in [1.82, 2.24) is 10.1 Å². The van der Waals surface area contributed by atoms with Crippen LogP contribution in [0.5, 0.6) is 0 Å². The Morgan fingerprint density at radius 1 is 1.50 bits per heavy atom. The predicted octanol–water partition coefficient (Wildman–Crippen LogP) is 2.12. The molecular formula is C11H11BrN4OS. The van der Waals surface area contributed by atoms with E-state index in [1.54, 1.807) is 0 Å². The minimum absolute atomic E-state index is 0.365. The molecule has 1 aromatic heterocycles. The molecule has 1 aromatic carbocycles. The van der Waals surface area contributed by atoms with Crippen LogP contribution >= 0.6 is 28.1 Å². The molecule has 0 aliphatic heterocycles. The van der Waals surface area contributed by atoms with E-state index in [-0.39, 0.29) is 0 Å². The van der Waals surface area contributed by atoms with E-state index in [1.165, 1.54) is 6.39 Å². The third-order valence-corrected chi connectivity index (χ3v) is 3.03. The van der Waals surface area contributed by atoms with Crippen molar-refractivity contribution < 1.29 is 4.52 Å². The molecule has 0 fully saturated rings. The molecule has 0 saturated carbocycles. The number of aromatic nitrogens is 2. The molecule has 0 aliphatic carbocycles. The molecule has 2 rings (SSSR count). The molecular weight excluding hydrogens is 316 g/mol. The van der Waals surface area contributed by atoms with Crippen molar-refractivity contribution >= 4 is 38.8 Å². The van der Waals surface area contributed by atoms with Crippen molar-refractivity contribution in [2.24, 2.45) is 5.73 Å². The van der Waals surface area contributed by atoms with Gasteiger partial charge in [0.15, 0.2) is 5.82 Å². The van der Waals surface area contributed by atoms with E-state index in [2.05, 4.69) is 35.9 Å². The number of halogens is 1. The molecule has 0 saturated heterocycles. The fraction of sp³-hybridized carbons (Fsp3) is 0.182. The van der Waals surface area contributed by atoms with Gasteiger partial charge in [-0.25, -0.2) is 0 Å². The maximum atomic E-state index is 5.67. The summed E-state index contributed by atoms with van der Waals surface area (Å²) < 4.78 is 5.62. The van der Waals surface area contributed by atoms with Gasteiger partial charge in [-0.2, -0.15) is 4.98 Å². The second-order valence-electron chi connectivity index (χ2n) is 3.58. The maximum absolute atomic E-state index is 5.67. The highest BCUT2D eigenvalue weighted by Gasteiger charge is 2.06. The Morgan fingerprint density at radius 2 is 2.33 bits per heavy atom. The normalized spacial score (nSPS) is 10.3. The van der Waals surface area contributed by atoms with Gasteiger partial charge >= 0.3 is 0 Å². The summed E-state index contributed by atoms with van der Waals surface area (Å²) in [5.41, 5.74) is 7.38. The zero-order valence-corrected chi connectivity index (χ0v) is 11.8. The third kappa shape index (κ3) is 3.27. The van der Waals surface area contributed by atoms with Gasteiger partial charge in [0.25, 0.3) is 0 Å². The molecule has 94 valence electrons. The lowest BCUT2D eigenvalue weighted by atomic mass is 10.1. The fourth-order valence-electron chi connectivity index (χ4n) is 1.49. The van der Waals surface area contributed by atoms with Crippen LogP contribution in [0, 0.1) is 0 Å². The minimum atomic E-state index is 0.365. The number of rotatable bonds is 5. The first-order valence-corrected chi connectivity index (χ1v) is 6.45. The number of hydrogen-bond acceptors (Lipinski definition) is 5. The van der Waals surface area contributed by atoms with Crippen LogP contribution in [0.15, 0.2) is 33.6 Å². The Hall–Kier alpha value is -1.47. The standard InChI is InChI=1S/C11H11BrN4OS/c12-7-1-2-8(11(13)18)9(5-7)14-4-3-10-15-6-17-16-10/h1-2,5-6,14H,3-4H2,(H2,13,18). The number of anilines is 1. The number of hydrogen-bond donors (Lipinski definition) is 2. The lowest BCUT2D eigenvalue weighted by Crippen LogP contribution is -2.14. The van der Waals surface area contributed by atoms with Crippen molar-refractivity contribution in [3.63, 3.8) is 0 Å². The van der Waals surface area contributed by atoms with Gasteiger partial charge in [0, 0.05) is 28.7 Å². The zero-order valence-electron chi connectivity index (χ0n) is 9.39. The quantitative estimate of drug-likeness (QED) is 0.819. The van der Waals surface area contributed by atoms with Crippen molar-refractivity contribution in [3.05, 3.63) is 40.5 Å². The first kappa shape index (κ1) is 13.0. The van der Waals surface area contributed by atoms with Crippen LogP contribution in [0.25, 0.3) is 0 Å². The Labute approximate surface area is 118 Å². The topological polar surface area (TPSA) is 77.0 Å². The second kappa shape index (κ2) is 5.92. The summed E-state index contributed by atoms with van der Waals surface area (Å²) in [6.07, 6.45) is 1.98. The maximum Gasteiger partial charge on any atom is 0.213 e. The molecule has 3 N–H and O–H groups in total. The zero-order chi connectivity index (χ0) is 13.0. The van der Waals surface area contributed by atoms with Gasteiger partial charge in [-0.05, 0) is 18.2 Å². The monoisotopic (exact) mass is 326 g/mol. The Balaban J connectivity index is 2.03. The molecule has 0 unspecified atom stereocenters. The highest BCUT2D eigenvalue weighted by molar-refractivity contribution is 9.10. The SMILES string of the molecule is NC(=S)c1ccc(Br)cc1NCCc1ncon1. The van der Waals surface area contributed by atoms with Crippen molar-refractivity contribution in [3.8, 4) is 0 Å². The van der Waals surface area contributed by atoms with Crippen LogP contribution in [0.3, 0.4) is 0 Å². The molecule has 0 aliphatic rings. The number of thiocarbonyl (C=S) groups is 1. The largest absolute Gasteiger partial charge is 0.389 e. The summed E-state index contributed by atoms with van der Waals surface area (Å²) in [4.78, 5) is 4.31. The van der Waals surface area contributed by atoms with E-state index in [0.29, 0.717) is 23.8 Å². The molecule has 1 heterocycles. The van der Waals surface area contributed by atoms with Crippen molar-refractivity contribution in [2.75, 3.05) is 11.9 Å². The average molecular weight is 327 g/mol. The van der Waals surface area contributed by atoms with Crippen LogP contribution in [0.4, 0.5) is 5.69 Å². The van der Waals surface area contributed by atoms with Gasteiger partial charge in [-0.3, -0.25) is 0 Å². The van der Waals surface area contributed by atoms with E-state index in [4.69, 9.17) is 18.0 Å². The second-order valence-corrected chi connectivity index (χ2v) is 4.93. The lowest BCUT2D eigenvalue weighted by Gasteiger charge is -2.10. The van der Waals surface area contributed by atoms with Crippen molar-refractivity contribution in [1.29, 1.82) is 0 Å². The first-order chi connectivity index (χ1) is 8.66. The van der Waals surface area contributed by atoms with Crippen molar-refractivity contribution in [2.45, 2.75) is 6.42 Å². The van der Waals surface area contributed by atoms with Crippen LogP contribution in [-0.4, -0.2) is 21.7 Å². The van der Waals surface area contributed by atoms with Gasteiger partial charge in [-0.1, -0.05) is 33.3 Å². The number of nitrogens with zero attached hydrogens (tertiary/aromatic N) is 2. The van der Waals surface area contributed by atoms with Crippen LogP contribution < -0.4 is 11.1 Å². The predicted molar refractivity (Wildman–Crippen MR) is 76.5 cm³/mol. The molecule has 0 amide bonds. The van der Waals surface area contributed by atoms with E-state index in [9.17, 15) is 0 Å². The lowest BCUT2D eigenvalue weighted by molar-refractivity contribution is 0.410.